The van der Waals surface area contributed by atoms with E-state index in [4.69, 9.17) is 11.6 Å². The van der Waals surface area contributed by atoms with Gasteiger partial charge in [0.2, 0.25) is 0 Å². The molecular weight excluding hydrogens is 463 g/mol. The molecule has 0 aromatic carbocycles. The summed E-state index contributed by atoms with van der Waals surface area (Å²) in [6.07, 6.45) is 3.00. The first kappa shape index (κ1) is 20.6. The Morgan fingerprint density at radius 3 is 2.55 bits per heavy atom. The maximum Gasteiger partial charge on any atom is 0.434 e. The second-order valence-electron chi connectivity index (χ2n) is 6.66. The molecule has 10 nitrogen and oxygen atoms in total. The number of hydrogen-bond acceptors (Lipinski definition) is 6. The number of carbonyl (C=O) groups is 1. The Balaban J connectivity index is 1.52. The topological polar surface area (TPSA) is 108 Å². The third-order valence-corrected chi connectivity index (χ3v) is 4.87. The third-order valence-electron chi connectivity index (χ3n) is 4.59. The molecule has 0 spiro atoms. The minimum Gasteiger partial charge on any atom is -0.320 e. The zero-order valence-corrected chi connectivity index (χ0v) is 17.0. The van der Waals surface area contributed by atoms with Gasteiger partial charge in [0.25, 0.3) is 5.91 Å². The highest BCUT2D eigenvalue weighted by Gasteiger charge is 2.41. The Bertz CT molecular complexity index is 1470. The van der Waals surface area contributed by atoms with Crippen LogP contribution in [0.2, 0.25) is 5.02 Å². The predicted octanol–water partition coefficient (Wildman–Crippen LogP) is 3.42. The zero-order valence-electron chi connectivity index (χ0n) is 16.3. The van der Waals surface area contributed by atoms with E-state index in [1.165, 1.54) is 47.5 Å². The summed E-state index contributed by atoms with van der Waals surface area (Å²) >= 11 is 6.16. The van der Waals surface area contributed by atoms with Gasteiger partial charge in [0, 0.05) is 12.4 Å². The Hall–Kier alpha value is -4.26. The van der Waals surface area contributed by atoms with E-state index in [0.29, 0.717) is 10.3 Å². The summed E-state index contributed by atoms with van der Waals surface area (Å²) in [7, 11) is 0. The molecule has 0 radical (unpaired) electrons. The summed E-state index contributed by atoms with van der Waals surface area (Å²) in [6, 6.07) is 5.94. The van der Waals surface area contributed by atoms with Crippen molar-refractivity contribution < 1.29 is 18.0 Å². The maximum atomic E-state index is 14.0. The van der Waals surface area contributed by atoms with E-state index in [2.05, 4.69) is 30.6 Å². The fourth-order valence-electron chi connectivity index (χ4n) is 3.24. The van der Waals surface area contributed by atoms with Crippen molar-refractivity contribution in [3.63, 3.8) is 0 Å². The van der Waals surface area contributed by atoms with Gasteiger partial charge in [-0.25, -0.2) is 14.6 Å². The molecule has 0 aliphatic rings. The lowest BCUT2D eigenvalue weighted by Crippen LogP contribution is -2.21. The molecule has 5 heterocycles. The van der Waals surface area contributed by atoms with Gasteiger partial charge in [-0.05, 0) is 18.2 Å². The van der Waals surface area contributed by atoms with Crippen molar-refractivity contribution in [2.45, 2.75) is 6.18 Å². The standard InChI is InChI=1S/C19H11ClF3N9O/c20-13-8-11(9-25-17(13)32-26-4-5-27-32)29-18(33)12-10-28-31(16(12)19(21,22)23)15-3-1-2-14-24-6-7-30(14)15/h1-10H,(H,29,33). The molecule has 0 saturated carbocycles. The van der Waals surface area contributed by atoms with Crippen LogP contribution in [0.1, 0.15) is 16.1 Å². The smallest absolute Gasteiger partial charge is 0.320 e. The van der Waals surface area contributed by atoms with Crippen LogP contribution in [-0.2, 0) is 6.18 Å². The monoisotopic (exact) mass is 473 g/mol. The minimum absolute atomic E-state index is 0.0668. The Morgan fingerprint density at radius 2 is 1.82 bits per heavy atom. The molecule has 0 saturated heterocycles. The number of nitrogens with zero attached hydrogens (tertiary/aromatic N) is 8. The van der Waals surface area contributed by atoms with Crippen LogP contribution in [0.5, 0.6) is 0 Å². The second-order valence-corrected chi connectivity index (χ2v) is 7.07. The lowest BCUT2D eigenvalue weighted by Gasteiger charge is -2.14. The van der Waals surface area contributed by atoms with E-state index < -0.39 is 23.3 Å². The van der Waals surface area contributed by atoms with Crippen molar-refractivity contribution in [1.29, 1.82) is 0 Å². The average Bonchev–Trinajstić information content (AvgIpc) is 3.52. The number of alkyl halides is 3. The SMILES string of the molecule is O=C(Nc1cnc(-n2nccn2)c(Cl)c1)c1cnn(-c2cccc3nccn23)c1C(F)(F)F. The maximum absolute atomic E-state index is 14.0. The van der Waals surface area contributed by atoms with Crippen molar-refractivity contribution >= 4 is 28.8 Å². The summed E-state index contributed by atoms with van der Waals surface area (Å²) < 4.78 is 44.1. The first-order valence-electron chi connectivity index (χ1n) is 9.24. The fraction of sp³-hybridized carbons (Fsp3) is 0.0526. The van der Waals surface area contributed by atoms with Gasteiger partial charge in [-0.15, -0.1) is 4.80 Å². The number of carbonyl (C=O) groups excluding carboxylic acids is 1. The number of rotatable bonds is 4. The molecule has 0 unspecified atom stereocenters. The van der Waals surface area contributed by atoms with Crippen LogP contribution in [0.25, 0.3) is 17.3 Å². The quantitative estimate of drug-likeness (QED) is 0.428. The third kappa shape index (κ3) is 3.67. The van der Waals surface area contributed by atoms with Gasteiger partial charge in [0.1, 0.15) is 11.5 Å². The Morgan fingerprint density at radius 1 is 1.03 bits per heavy atom. The molecule has 5 aromatic rings. The van der Waals surface area contributed by atoms with Gasteiger partial charge in [-0.3, -0.25) is 9.20 Å². The summed E-state index contributed by atoms with van der Waals surface area (Å²) in [5, 5.41) is 14.1. The first-order valence-corrected chi connectivity index (χ1v) is 9.62. The molecular formula is C19H11ClF3N9O. The van der Waals surface area contributed by atoms with Crippen LogP contribution in [0, 0.1) is 0 Å². The largest absolute Gasteiger partial charge is 0.434 e. The van der Waals surface area contributed by atoms with Crippen LogP contribution in [-0.4, -0.2) is 45.1 Å². The summed E-state index contributed by atoms with van der Waals surface area (Å²) in [4.78, 5) is 22.1. The van der Waals surface area contributed by atoms with E-state index in [9.17, 15) is 18.0 Å². The highest BCUT2D eigenvalue weighted by molar-refractivity contribution is 6.32. The fourth-order valence-corrected chi connectivity index (χ4v) is 3.48. The highest BCUT2D eigenvalue weighted by atomic mass is 35.5. The van der Waals surface area contributed by atoms with E-state index in [1.807, 2.05) is 0 Å². The normalized spacial score (nSPS) is 11.8. The second kappa shape index (κ2) is 7.70. The molecule has 5 aromatic heterocycles. The van der Waals surface area contributed by atoms with Crippen molar-refractivity contribution in [3.8, 4) is 11.6 Å². The predicted molar refractivity (Wildman–Crippen MR) is 109 cm³/mol. The van der Waals surface area contributed by atoms with E-state index in [-0.39, 0.29) is 22.3 Å². The molecule has 33 heavy (non-hydrogen) atoms. The summed E-state index contributed by atoms with van der Waals surface area (Å²) in [6.45, 7) is 0. The number of nitrogens with one attached hydrogen (secondary N) is 1. The Kier molecular flexibility index (Phi) is 4.82. The highest BCUT2D eigenvalue weighted by Crippen LogP contribution is 2.34. The van der Waals surface area contributed by atoms with Crippen molar-refractivity contribution in [2.75, 3.05) is 5.32 Å². The number of hydrogen-bond donors (Lipinski definition) is 1. The first-order chi connectivity index (χ1) is 15.8. The zero-order chi connectivity index (χ0) is 23.2. The van der Waals surface area contributed by atoms with Crippen LogP contribution in [0.3, 0.4) is 0 Å². The molecule has 0 bridgehead atoms. The number of pyridine rings is 2. The number of aromatic nitrogens is 8. The number of halogens is 4. The van der Waals surface area contributed by atoms with Gasteiger partial charge in [-0.2, -0.15) is 28.5 Å². The molecule has 0 aliphatic heterocycles. The van der Waals surface area contributed by atoms with Gasteiger partial charge in [0.15, 0.2) is 11.5 Å². The van der Waals surface area contributed by atoms with Crippen LogP contribution >= 0.6 is 11.6 Å². The lowest BCUT2D eigenvalue weighted by molar-refractivity contribution is -0.143. The lowest BCUT2D eigenvalue weighted by atomic mass is 10.2. The molecule has 5 rings (SSSR count). The van der Waals surface area contributed by atoms with E-state index in [0.717, 1.165) is 11.0 Å². The van der Waals surface area contributed by atoms with Gasteiger partial charge < -0.3 is 5.32 Å². The number of anilines is 1. The molecule has 1 N–H and O–H groups in total. The van der Waals surface area contributed by atoms with E-state index in [1.54, 1.807) is 12.1 Å². The van der Waals surface area contributed by atoms with E-state index >= 15 is 0 Å². The summed E-state index contributed by atoms with van der Waals surface area (Å²) in [5.41, 5.74) is -1.40. The molecule has 0 fully saturated rings. The van der Waals surface area contributed by atoms with Crippen molar-refractivity contribution in [1.82, 2.24) is 39.1 Å². The van der Waals surface area contributed by atoms with Crippen molar-refractivity contribution in [3.05, 3.63) is 77.7 Å². The number of fused-ring (bicyclic) bond motifs is 1. The van der Waals surface area contributed by atoms with Gasteiger partial charge in [-0.1, -0.05) is 17.7 Å². The molecule has 1 amide bonds. The van der Waals surface area contributed by atoms with Gasteiger partial charge in [0.05, 0.1) is 41.1 Å². The molecule has 0 atom stereocenters. The molecule has 0 aliphatic carbocycles. The van der Waals surface area contributed by atoms with Crippen LogP contribution in [0.4, 0.5) is 18.9 Å². The summed E-state index contributed by atoms with van der Waals surface area (Å²) in [5.74, 6) is -0.775. The van der Waals surface area contributed by atoms with Crippen LogP contribution in [0.15, 0.2) is 61.4 Å². The van der Waals surface area contributed by atoms with Crippen molar-refractivity contribution in [2.24, 2.45) is 0 Å². The van der Waals surface area contributed by atoms with Gasteiger partial charge >= 0.3 is 6.18 Å². The molecule has 166 valence electrons. The Labute approximate surface area is 187 Å². The van der Waals surface area contributed by atoms with Crippen LogP contribution < -0.4 is 5.32 Å². The molecule has 14 heteroatoms. The minimum atomic E-state index is -4.88. The number of amides is 1. The number of imidazole rings is 1. The average molecular weight is 474 g/mol.